The third-order valence-corrected chi connectivity index (χ3v) is 3.85. The topological polar surface area (TPSA) is 66.3 Å². The molecule has 0 saturated carbocycles. The number of aryl methyl sites for hydroxylation is 1. The SMILES string of the molecule is Cc1nc(C(C)C)nc(SCCCN(C)C)c1C(=O)O. The molecule has 1 N–H and O–H groups in total. The molecular weight excluding hydrogens is 274 g/mol. The Bertz CT molecular complexity index is 476. The average Bonchev–Trinajstić information content (AvgIpc) is 2.33. The molecule has 0 aromatic carbocycles. The number of aromatic carboxylic acids is 1. The van der Waals surface area contributed by atoms with Crippen molar-refractivity contribution >= 4 is 17.7 Å². The number of carbonyl (C=O) groups is 1. The minimum absolute atomic E-state index is 0.192. The zero-order chi connectivity index (χ0) is 15.3. The van der Waals surface area contributed by atoms with Crippen LogP contribution in [-0.4, -0.2) is 52.3 Å². The summed E-state index contributed by atoms with van der Waals surface area (Å²) in [5.41, 5.74) is 0.788. The predicted octanol–water partition coefficient (Wildman–Crippen LogP) is 2.65. The Morgan fingerprint density at radius 3 is 2.50 bits per heavy atom. The molecule has 0 aliphatic rings. The lowest BCUT2D eigenvalue weighted by Gasteiger charge is -2.12. The van der Waals surface area contributed by atoms with Gasteiger partial charge >= 0.3 is 5.97 Å². The monoisotopic (exact) mass is 297 g/mol. The van der Waals surface area contributed by atoms with E-state index in [1.165, 1.54) is 11.8 Å². The van der Waals surface area contributed by atoms with Gasteiger partial charge in [-0.3, -0.25) is 0 Å². The summed E-state index contributed by atoms with van der Waals surface area (Å²) in [6.45, 7) is 6.74. The van der Waals surface area contributed by atoms with Crippen LogP contribution in [0.4, 0.5) is 0 Å². The number of rotatable bonds is 7. The first-order valence-corrected chi connectivity index (χ1v) is 7.70. The van der Waals surface area contributed by atoms with Crippen molar-refractivity contribution in [2.24, 2.45) is 0 Å². The fourth-order valence-electron chi connectivity index (χ4n) is 1.73. The van der Waals surface area contributed by atoms with Crippen molar-refractivity contribution in [2.45, 2.75) is 38.1 Å². The molecule has 0 fully saturated rings. The highest BCUT2D eigenvalue weighted by Gasteiger charge is 2.19. The van der Waals surface area contributed by atoms with Gasteiger partial charge in [0.25, 0.3) is 0 Å². The molecule has 0 radical (unpaired) electrons. The number of thioether (sulfide) groups is 1. The van der Waals surface area contributed by atoms with Gasteiger partial charge in [0.15, 0.2) is 0 Å². The lowest BCUT2D eigenvalue weighted by Crippen LogP contribution is -2.14. The number of carboxylic acid groups (broad SMARTS) is 1. The fraction of sp³-hybridized carbons (Fsp3) is 0.643. The fourth-order valence-corrected chi connectivity index (χ4v) is 2.73. The Labute approximate surface area is 124 Å². The highest BCUT2D eigenvalue weighted by Crippen LogP contribution is 2.25. The van der Waals surface area contributed by atoms with Crippen molar-refractivity contribution in [3.8, 4) is 0 Å². The van der Waals surface area contributed by atoms with Crippen molar-refractivity contribution in [1.82, 2.24) is 14.9 Å². The lowest BCUT2D eigenvalue weighted by atomic mass is 10.2. The minimum atomic E-state index is -0.951. The zero-order valence-electron chi connectivity index (χ0n) is 12.8. The van der Waals surface area contributed by atoms with Crippen molar-refractivity contribution in [3.05, 3.63) is 17.1 Å². The molecule has 0 atom stereocenters. The van der Waals surface area contributed by atoms with E-state index in [1.807, 2.05) is 27.9 Å². The van der Waals surface area contributed by atoms with Crippen molar-refractivity contribution in [3.63, 3.8) is 0 Å². The molecule has 1 rings (SSSR count). The van der Waals surface area contributed by atoms with Gasteiger partial charge in [-0.05, 0) is 34.0 Å². The first-order chi connectivity index (χ1) is 9.32. The maximum atomic E-state index is 11.4. The molecule has 1 heterocycles. The first kappa shape index (κ1) is 16.9. The van der Waals surface area contributed by atoms with E-state index in [0.717, 1.165) is 18.7 Å². The molecule has 0 aliphatic heterocycles. The molecule has 0 aliphatic carbocycles. The van der Waals surface area contributed by atoms with Crippen LogP contribution in [0, 0.1) is 6.92 Å². The van der Waals surface area contributed by atoms with E-state index in [4.69, 9.17) is 0 Å². The van der Waals surface area contributed by atoms with Gasteiger partial charge in [-0.2, -0.15) is 0 Å². The molecule has 1 aromatic rings. The van der Waals surface area contributed by atoms with Gasteiger partial charge in [0, 0.05) is 11.7 Å². The quantitative estimate of drug-likeness (QED) is 0.474. The van der Waals surface area contributed by atoms with Crippen molar-refractivity contribution in [2.75, 3.05) is 26.4 Å². The van der Waals surface area contributed by atoms with Crippen LogP contribution in [0.1, 0.15) is 48.1 Å². The largest absolute Gasteiger partial charge is 0.478 e. The van der Waals surface area contributed by atoms with E-state index in [9.17, 15) is 9.90 Å². The van der Waals surface area contributed by atoms with Crippen LogP contribution in [0.3, 0.4) is 0 Å². The highest BCUT2D eigenvalue weighted by molar-refractivity contribution is 7.99. The Kier molecular flexibility index (Phi) is 6.42. The molecule has 5 nitrogen and oxygen atoms in total. The molecule has 0 unspecified atom stereocenters. The lowest BCUT2D eigenvalue weighted by molar-refractivity contribution is 0.0690. The highest BCUT2D eigenvalue weighted by atomic mass is 32.2. The Morgan fingerprint density at radius 2 is 2.00 bits per heavy atom. The van der Waals surface area contributed by atoms with Gasteiger partial charge in [0.05, 0.1) is 5.69 Å². The predicted molar refractivity (Wildman–Crippen MR) is 81.7 cm³/mol. The van der Waals surface area contributed by atoms with Gasteiger partial charge in [-0.15, -0.1) is 11.8 Å². The summed E-state index contributed by atoms with van der Waals surface area (Å²) in [4.78, 5) is 22.2. The standard InChI is InChI=1S/C14H23N3O2S/c1-9(2)12-15-10(3)11(14(18)19)13(16-12)20-8-6-7-17(4)5/h9H,6-8H2,1-5H3,(H,18,19). The number of aromatic nitrogens is 2. The number of carboxylic acids is 1. The van der Waals surface area contributed by atoms with Crippen LogP contribution in [0.2, 0.25) is 0 Å². The molecule has 20 heavy (non-hydrogen) atoms. The summed E-state index contributed by atoms with van der Waals surface area (Å²) in [6.07, 6.45) is 0.997. The summed E-state index contributed by atoms with van der Waals surface area (Å²) < 4.78 is 0. The second-order valence-corrected chi connectivity index (χ2v) is 6.40. The van der Waals surface area contributed by atoms with E-state index in [-0.39, 0.29) is 11.5 Å². The number of hydrogen-bond acceptors (Lipinski definition) is 5. The molecule has 0 amide bonds. The van der Waals surface area contributed by atoms with E-state index in [0.29, 0.717) is 16.5 Å². The first-order valence-electron chi connectivity index (χ1n) is 6.72. The van der Waals surface area contributed by atoms with Crippen LogP contribution in [0.5, 0.6) is 0 Å². The molecule has 0 bridgehead atoms. The van der Waals surface area contributed by atoms with Crippen LogP contribution in [-0.2, 0) is 0 Å². The van der Waals surface area contributed by atoms with Crippen LogP contribution in [0.25, 0.3) is 0 Å². The van der Waals surface area contributed by atoms with Crippen molar-refractivity contribution in [1.29, 1.82) is 0 Å². The van der Waals surface area contributed by atoms with Crippen LogP contribution >= 0.6 is 11.8 Å². The Balaban J connectivity index is 2.93. The summed E-state index contributed by atoms with van der Waals surface area (Å²) in [7, 11) is 4.05. The zero-order valence-corrected chi connectivity index (χ0v) is 13.6. The maximum Gasteiger partial charge on any atom is 0.340 e. The second-order valence-electron chi connectivity index (χ2n) is 5.31. The third kappa shape index (κ3) is 4.76. The smallest absolute Gasteiger partial charge is 0.340 e. The maximum absolute atomic E-state index is 11.4. The summed E-state index contributed by atoms with van der Waals surface area (Å²) in [5, 5.41) is 9.91. The normalized spacial score (nSPS) is 11.3. The Hall–Kier alpha value is -1.14. The van der Waals surface area contributed by atoms with Gasteiger partial charge in [-0.1, -0.05) is 13.8 Å². The van der Waals surface area contributed by atoms with Crippen LogP contribution < -0.4 is 0 Å². The van der Waals surface area contributed by atoms with Gasteiger partial charge in [0.1, 0.15) is 16.4 Å². The Morgan fingerprint density at radius 1 is 1.35 bits per heavy atom. The van der Waals surface area contributed by atoms with Crippen molar-refractivity contribution < 1.29 is 9.90 Å². The van der Waals surface area contributed by atoms with Crippen LogP contribution in [0.15, 0.2) is 5.03 Å². The average molecular weight is 297 g/mol. The van der Waals surface area contributed by atoms with E-state index in [2.05, 4.69) is 14.9 Å². The summed E-state index contributed by atoms with van der Waals surface area (Å²) in [5.74, 6) is 0.806. The second kappa shape index (κ2) is 7.59. The molecule has 6 heteroatoms. The summed E-state index contributed by atoms with van der Waals surface area (Å²) in [6, 6.07) is 0. The number of hydrogen-bond donors (Lipinski definition) is 1. The molecule has 0 saturated heterocycles. The molecular formula is C14H23N3O2S. The van der Waals surface area contributed by atoms with E-state index in [1.54, 1.807) is 6.92 Å². The molecule has 0 spiro atoms. The summed E-state index contributed by atoms with van der Waals surface area (Å²) >= 11 is 1.50. The molecule has 1 aromatic heterocycles. The number of nitrogens with zero attached hydrogens (tertiary/aromatic N) is 3. The van der Waals surface area contributed by atoms with Gasteiger partial charge in [-0.25, -0.2) is 14.8 Å². The third-order valence-electron chi connectivity index (χ3n) is 2.79. The van der Waals surface area contributed by atoms with Gasteiger partial charge in [0.2, 0.25) is 0 Å². The van der Waals surface area contributed by atoms with Gasteiger partial charge < -0.3 is 10.0 Å². The van der Waals surface area contributed by atoms with E-state index >= 15 is 0 Å². The molecule has 112 valence electrons. The minimum Gasteiger partial charge on any atom is -0.478 e. The van der Waals surface area contributed by atoms with E-state index < -0.39 is 5.97 Å².